The molecule has 5 nitrogen and oxygen atoms in total. The van der Waals surface area contributed by atoms with Crippen LogP contribution in [0.4, 0.5) is 5.82 Å². The molecule has 2 rings (SSSR count). The highest BCUT2D eigenvalue weighted by atomic mass is 32.2. The Balaban J connectivity index is 2.28. The summed E-state index contributed by atoms with van der Waals surface area (Å²) in [5, 5.41) is 3.07. The van der Waals surface area contributed by atoms with E-state index in [1.807, 2.05) is 13.8 Å². The molecule has 1 N–H and O–H groups in total. The minimum Gasteiger partial charge on any atom is -0.370 e. The van der Waals surface area contributed by atoms with Crippen molar-refractivity contribution in [2.45, 2.75) is 45.1 Å². The van der Waals surface area contributed by atoms with Crippen molar-refractivity contribution in [3.8, 4) is 0 Å². The van der Waals surface area contributed by atoms with Gasteiger partial charge in [0.05, 0.1) is 0 Å². The molecule has 0 saturated carbocycles. The van der Waals surface area contributed by atoms with E-state index in [9.17, 15) is 8.42 Å². The Bertz CT molecular complexity index is 571. The first-order valence-electron chi connectivity index (χ1n) is 7.58. The minimum absolute atomic E-state index is 0.0274. The molecular formula is C15H25N3O2S. The first-order chi connectivity index (χ1) is 9.86. The third kappa shape index (κ3) is 3.37. The van der Waals surface area contributed by atoms with E-state index >= 15 is 0 Å². The van der Waals surface area contributed by atoms with Crippen molar-refractivity contribution in [2.75, 3.05) is 18.4 Å². The van der Waals surface area contributed by atoms with E-state index in [4.69, 9.17) is 0 Å². The van der Waals surface area contributed by atoms with Crippen LogP contribution in [0, 0.1) is 11.8 Å². The van der Waals surface area contributed by atoms with Crippen LogP contribution in [0.5, 0.6) is 0 Å². The molecule has 21 heavy (non-hydrogen) atoms. The highest BCUT2D eigenvalue weighted by Crippen LogP contribution is 2.31. The fourth-order valence-electron chi connectivity index (χ4n) is 2.93. The van der Waals surface area contributed by atoms with Gasteiger partial charge in [0.25, 0.3) is 0 Å². The van der Waals surface area contributed by atoms with Crippen molar-refractivity contribution in [3.05, 3.63) is 18.3 Å². The van der Waals surface area contributed by atoms with Crippen molar-refractivity contribution in [1.29, 1.82) is 0 Å². The normalized spacial score (nSPS) is 27.5. The summed E-state index contributed by atoms with van der Waals surface area (Å²) in [4.78, 5) is 4.45. The Morgan fingerprint density at radius 1 is 1.33 bits per heavy atom. The molecule has 0 aliphatic carbocycles. The first-order valence-corrected chi connectivity index (χ1v) is 9.02. The molecule has 0 spiro atoms. The summed E-state index contributed by atoms with van der Waals surface area (Å²) in [6.07, 6.45) is 2.52. The lowest BCUT2D eigenvalue weighted by Crippen LogP contribution is -2.48. The number of pyridine rings is 1. The van der Waals surface area contributed by atoms with E-state index in [2.05, 4.69) is 24.1 Å². The van der Waals surface area contributed by atoms with Crippen LogP contribution in [-0.2, 0) is 10.0 Å². The molecule has 0 bridgehead atoms. The minimum atomic E-state index is -3.47. The molecule has 3 unspecified atom stereocenters. The van der Waals surface area contributed by atoms with Crippen LogP contribution in [0.15, 0.2) is 23.2 Å². The number of hydrogen-bond acceptors (Lipinski definition) is 4. The molecule has 1 aromatic rings. The van der Waals surface area contributed by atoms with E-state index in [0.717, 1.165) is 13.0 Å². The number of sulfonamides is 1. The SMILES string of the molecule is CCNc1ccc(S(=O)(=O)N2CC(C)CC(C)C2C)cn1. The number of nitrogens with one attached hydrogen (secondary N) is 1. The Morgan fingerprint density at radius 2 is 2.05 bits per heavy atom. The van der Waals surface area contributed by atoms with E-state index < -0.39 is 10.0 Å². The molecule has 1 aliphatic rings. The molecule has 0 aromatic carbocycles. The van der Waals surface area contributed by atoms with Crippen molar-refractivity contribution in [2.24, 2.45) is 11.8 Å². The van der Waals surface area contributed by atoms with Gasteiger partial charge in [-0.15, -0.1) is 0 Å². The summed E-state index contributed by atoms with van der Waals surface area (Å²) < 4.78 is 27.3. The summed E-state index contributed by atoms with van der Waals surface area (Å²) in [6, 6.07) is 3.38. The fraction of sp³-hybridized carbons (Fsp3) is 0.667. The van der Waals surface area contributed by atoms with Crippen LogP contribution in [0.1, 0.15) is 34.1 Å². The summed E-state index contributed by atoms with van der Waals surface area (Å²) >= 11 is 0. The molecule has 1 aromatic heterocycles. The smallest absolute Gasteiger partial charge is 0.244 e. The average molecular weight is 311 g/mol. The van der Waals surface area contributed by atoms with Crippen molar-refractivity contribution in [3.63, 3.8) is 0 Å². The first kappa shape index (κ1) is 16.2. The highest BCUT2D eigenvalue weighted by molar-refractivity contribution is 7.89. The molecule has 3 atom stereocenters. The number of piperidine rings is 1. The predicted octanol–water partition coefficient (Wildman–Crippen LogP) is 2.57. The van der Waals surface area contributed by atoms with Crippen LogP contribution in [0.25, 0.3) is 0 Å². The lowest BCUT2D eigenvalue weighted by molar-refractivity contribution is 0.157. The third-order valence-electron chi connectivity index (χ3n) is 4.24. The Hall–Kier alpha value is -1.14. The van der Waals surface area contributed by atoms with Gasteiger partial charge in [0, 0.05) is 25.3 Å². The Morgan fingerprint density at radius 3 is 2.62 bits per heavy atom. The van der Waals surface area contributed by atoms with Gasteiger partial charge in [-0.3, -0.25) is 0 Å². The quantitative estimate of drug-likeness (QED) is 0.928. The van der Waals surface area contributed by atoms with Gasteiger partial charge in [0.15, 0.2) is 0 Å². The summed E-state index contributed by atoms with van der Waals surface area (Å²) in [7, 11) is -3.47. The maximum Gasteiger partial charge on any atom is 0.244 e. The second-order valence-corrected chi connectivity index (χ2v) is 7.93. The lowest BCUT2D eigenvalue weighted by atomic mass is 9.88. The van der Waals surface area contributed by atoms with Gasteiger partial charge in [-0.25, -0.2) is 13.4 Å². The fourth-order valence-corrected chi connectivity index (χ4v) is 4.73. The zero-order chi connectivity index (χ0) is 15.6. The summed E-state index contributed by atoms with van der Waals surface area (Å²) in [6.45, 7) is 9.55. The lowest BCUT2D eigenvalue weighted by Gasteiger charge is -2.39. The molecule has 1 saturated heterocycles. The monoisotopic (exact) mass is 311 g/mol. The standard InChI is InChI=1S/C15H25N3O2S/c1-5-16-15-7-6-14(9-17-15)21(19,20)18-10-11(2)8-12(3)13(18)4/h6-7,9,11-13H,5,8,10H2,1-4H3,(H,16,17). The van der Waals surface area contributed by atoms with Gasteiger partial charge in [0.2, 0.25) is 10.0 Å². The molecule has 2 heterocycles. The van der Waals surface area contributed by atoms with Gasteiger partial charge in [0.1, 0.15) is 10.7 Å². The summed E-state index contributed by atoms with van der Waals surface area (Å²) in [5.41, 5.74) is 0. The average Bonchev–Trinajstić information content (AvgIpc) is 2.43. The highest BCUT2D eigenvalue weighted by Gasteiger charge is 2.37. The number of nitrogens with zero attached hydrogens (tertiary/aromatic N) is 2. The number of hydrogen-bond donors (Lipinski definition) is 1. The summed E-state index contributed by atoms with van der Waals surface area (Å²) in [5.74, 6) is 1.46. The number of rotatable bonds is 4. The molecule has 1 fully saturated rings. The van der Waals surface area contributed by atoms with Gasteiger partial charge in [-0.1, -0.05) is 13.8 Å². The van der Waals surface area contributed by atoms with Gasteiger partial charge >= 0.3 is 0 Å². The van der Waals surface area contributed by atoms with Gasteiger partial charge in [-0.05, 0) is 44.2 Å². The van der Waals surface area contributed by atoms with Crippen LogP contribution in [-0.4, -0.2) is 36.8 Å². The van der Waals surface area contributed by atoms with Crippen LogP contribution in [0.2, 0.25) is 0 Å². The van der Waals surface area contributed by atoms with Crippen molar-refractivity contribution >= 4 is 15.8 Å². The Kier molecular flexibility index (Phi) is 4.88. The van der Waals surface area contributed by atoms with Crippen molar-refractivity contribution in [1.82, 2.24) is 9.29 Å². The van der Waals surface area contributed by atoms with E-state index in [-0.39, 0.29) is 10.9 Å². The molecule has 1 aliphatic heterocycles. The zero-order valence-corrected chi connectivity index (χ0v) is 14.0. The molecule has 0 radical (unpaired) electrons. The van der Waals surface area contributed by atoms with E-state index in [1.165, 1.54) is 6.20 Å². The Labute approximate surface area is 127 Å². The number of aromatic nitrogens is 1. The maximum atomic E-state index is 12.8. The van der Waals surface area contributed by atoms with Gasteiger partial charge < -0.3 is 5.32 Å². The topological polar surface area (TPSA) is 62.3 Å². The third-order valence-corrected chi connectivity index (χ3v) is 6.18. The van der Waals surface area contributed by atoms with Gasteiger partial charge in [-0.2, -0.15) is 4.31 Å². The van der Waals surface area contributed by atoms with Crippen LogP contribution >= 0.6 is 0 Å². The second kappa shape index (κ2) is 6.32. The largest absolute Gasteiger partial charge is 0.370 e. The maximum absolute atomic E-state index is 12.8. The molecular weight excluding hydrogens is 286 g/mol. The van der Waals surface area contributed by atoms with E-state index in [0.29, 0.717) is 24.2 Å². The molecule has 0 amide bonds. The van der Waals surface area contributed by atoms with Crippen molar-refractivity contribution < 1.29 is 8.42 Å². The predicted molar refractivity (Wildman–Crippen MR) is 84.7 cm³/mol. The van der Waals surface area contributed by atoms with Crippen LogP contribution in [0.3, 0.4) is 0 Å². The van der Waals surface area contributed by atoms with E-state index in [1.54, 1.807) is 16.4 Å². The zero-order valence-electron chi connectivity index (χ0n) is 13.2. The molecule has 118 valence electrons. The van der Waals surface area contributed by atoms with Crippen LogP contribution < -0.4 is 5.32 Å². The second-order valence-electron chi connectivity index (χ2n) is 6.04. The molecule has 6 heteroatoms. The number of anilines is 1.